The molecule has 1 fully saturated rings. The smallest absolute Gasteiger partial charge is 0.358 e. The average molecular weight is 420 g/mol. The van der Waals surface area contributed by atoms with E-state index in [0.717, 1.165) is 0 Å². The molecule has 156 valence electrons. The van der Waals surface area contributed by atoms with Crippen molar-refractivity contribution in [2.24, 2.45) is 13.0 Å². The number of anilines is 1. The average Bonchev–Trinajstić information content (AvgIpc) is 3.01. The molecule has 1 atom stereocenters. The molecular weight excluding hydrogens is 396 g/mol. The number of rotatable bonds is 5. The summed E-state index contributed by atoms with van der Waals surface area (Å²) in [6.45, 7) is 2.12. The Bertz CT molecular complexity index is 1020. The zero-order valence-corrected chi connectivity index (χ0v) is 17.4. The van der Waals surface area contributed by atoms with Crippen molar-refractivity contribution < 1.29 is 22.7 Å². The number of aryl methyl sites for hydroxylation is 2. The highest BCUT2D eigenvalue weighted by Crippen LogP contribution is 2.26. The van der Waals surface area contributed by atoms with Crippen molar-refractivity contribution in [2.45, 2.75) is 24.7 Å². The molecule has 0 bridgehead atoms. The van der Waals surface area contributed by atoms with E-state index in [2.05, 4.69) is 10.4 Å². The molecule has 1 aromatic heterocycles. The van der Waals surface area contributed by atoms with Gasteiger partial charge < -0.3 is 10.1 Å². The number of benzene rings is 1. The van der Waals surface area contributed by atoms with E-state index in [0.29, 0.717) is 25.1 Å². The van der Waals surface area contributed by atoms with Crippen molar-refractivity contribution in [3.63, 3.8) is 0 Å². The third-order valence-corrected chi connectivity index (χ3v) is 6.86. The van der Waals surface area contributed by atoms with E-state index in [1.54, 1.807) is 44.3 Å². The first kappa shape index (κ1) is 21.0. The minimum atomic E-state index is -3.67. The first-order valence-corrected chi connectivity index (χ1v) is 10.7. The van der Waals surface area contributed by atoms with Crippen LogP contribution >= 0.6 is 0 Å². The van der Waals surface area contributed by atoms with Crippen LogP contribution < -0.4 is 5.32 Å². The number of methoxy groups -OCH3 is 1. The summed E-state index contributed by atoms with van der Waals surface area (Å²) in [5, 5.41) is 6.92. The Morgan fingerprint density at radius 1 is 1.24 bits per heavy atom. The van der Waals surface area contributed by atoms with Crippen LogP contribution in [0.3, 0.4) is 0 Å². The van der Waals surface area contributed by atoms with Crippen molar-refractivity contribution in [3.8, 4) is 0 Å². The van der Waals surface area contributed by atoms with E-state index in [-0.39, 0.29) is 28.7 Å². The molecule has 0 spiro atoms. The van der Waals surface area contributed by atoms with Gasteiger partial charge in [0.1, 0.15) is 0 Å². The number of esters is 1. The SMILES string of the molecule is COC(=O)c1c(NC(=O)C2CCCN(S(=O)(=O)c3ccccc3)C2)c(C)nn1C. The summed E-state index contributed by atoms with van der Waals surface area (Å²) in [5.74, 6) is -1.49. The number of ether oxygens (including phenoxy) is 1. The van der Waals surface area contributed by atoms with E-state index in [9.17, 15) is 18.0 Å². The molecule has 1 unspecified atom stereocenters. The highest BCUT2D eigenvalue weighted by molar-refractivity contribution is 7.89. The van der Waals surface area contributed by atoms with Crippen molar-refractivity contribution >= 4 is 27.6 Å². The van der Waals surface area contributed by atoms with E-state index in [1.807, 2.05) is 0 Å². The number of sulfonamides is 1. The Kier molecular flexibility index (Phi) is 6.04. The molecule has 2 heterocycles. The minimum Gasteiger partial charge on any atom is -0.464 e. The summed E-state index contributed by atoms with van der Waals surface area (Å²) in [6, 6.07) is 8.17. The van der Waals surface area contributed by atoms with Crippen LogP contribution in [0, 0.1) is 12.8 Å². The molecule has 9 nitrogen and oxygen atoms in total. The zero-order chi connectivity index (χ0) is 21.2. The fourth-order valence-electron chi connectivity index (χ4n) is 3.48. The zero-order valence-electron chi connectivity index (χ0n) is 16.6. The number of aromatic nitrogens is 2. The maximum absolute atomic E-state index is 12.9. The second kappa shape index (κ2) is 8.34. The van der Waals surface area contributed by atoms with Gasteiger partial charge in [0.25, 0.3) is 0 Å². The first-order valence-electron chi connectivity index (χ1n) is 9.23. The summed E-state index contributed by atoms with van der Waals surface area (Å²) in [7, 11) is -0.827. The predicted octanol–water partition coefficient (Wildman–Crippen LogP) is 1.55. The van der Waals surface area contributed by atoms with Crippen molar-refractivity contribution in [1.29, 1.82) is 0 Å². The monoisotopic (exact) mass is 420 g/mol. The maximum atomic E-state index is 12.9. The molecule has 1 saturated heterocycles. The maximum Gasteiger partial charge on any atom is 0.358 e. The fraction of sp³-hybridized carbons (Fsp3) is 0.421. The van der Waals surface area contributed by atoms with Crippen LogP contribution in [0.1, 0.15) is 29.0 Å². The van der Waals surface area contributed by atoms with Crippen LogP contribution in [-0.2, 0) is 26.6 Å². The van der Waals surface area contributed by atoms with Crippen LogP contribution in [0.2, 0.25) is 0 Å². The number of piperidine rings is 1. The van der Waals surface area contributed by atoms with Gasteiger partial charge in [-0.1, -0.05) is 18.2 Å². The Morgan fingerprint density at radius 2 is 1.93 bits per heavy atom. The lowest BCUT2D eigenvalue weighted by Crippen LogP contribution is -2.43. The van der Waals surface area contributed by atoms with E-state index in [4.69, 9.17) is 4.74 Å². The summed E-state index contributed by atoms with van der Waals surface area (Å²) < 4.78 is 33.2. The van der Waals surface area contributed by atoms with Gasteiger partial charge in [-0.15, -0.1) is 0 Å². The van der Waals surface area contributed by atoms with Gasteiger partial charge in [-0.05, 0) is 31.9 Å². The van der Waals surface area contributed by atoms with Crippen molar-refractivity contribution in [1.82, 2.24) is 14.1 Å². The third-order valence-electron chi connectivity index (χ3n) is 4.99. The number of amides is 1. The van der Waals surface area contributed by atoms with Crippen LogP contribution in [0.25, 0.3) is 0 Å². The summed E-state index contributed by atoms with van der Waals surface area (Å²) in [4.78, 5) is 25.1. The van der Waals surface area contributed by atoms with E-state index < -0.39 is 21.9 Å². The molecule has 1 N–H and O–H groups in total. The lowest BCUT2D eigenvalue weighted by molar-refractivity contribution is -0.120. The third kappa shape index (κ3) is 4.18. The molecule has 29 heavy (non-hydrogen) atoms. The minimum absolute atomic E-state index is 0.0793. The van der Waals surface area contributed by atoms with Crippen LogP contribution in [-0.4, -0.2) is 54.6 Å². The van der Waals surface area contributed by atoms with E-state index >= 15 is 0 Å². The van der Waals surface area contributed by atoms with Gasteiger partial charge in [-0.2, -0.15) is 9.40 Å². The molecule has 2 aromatic rings. The molecule has 0 aliphatic carbocycles. The largest absolute Gasteiger partial charge is 0.464 e. The molecule has 1 aliphatic heterocycles. The second-order valence-corrected chi connectivity index (χ2v) is 8.87. The van der Waals surface area contributed by atoms with Crippen LogP contribution in [0.5, 0.6) is 0 Å². The molecule has 3 rings (SSSR count). The Balaban J connectivity index is 1.79. The topological polar surface area (TPSA) is 111 Å². The van der Waals surface area contributed by atoms with Gasteiger partial charge in [0, 0.05) is 20.1 Å². The number of carbonyl (C=O) groups is 2. The molecular formula is C19H24N4O5S. The molecule has 1 aromatic carbocycles. The Hall–Kier alpha value is -2.72. The van der Waals surface area contributed by atoms with Gasteiger partial charge in [-0.3, -0.25) is 9.48 Å². The highest BCUT2D eigenvalue weighted by Gasteiger charge is 2.34. The first-order chi connectivity index (χ1) is 13.8. The molecule has 0 radical (unpaired) electrons. The standard InChI is InChI=1S/C19H24N4O5S/c1-13-16(17(19(25)28-3)22(2)21-13)20-18(24)14-8-7-11-23(12-14)29(26,27)15-9-5-4-6-10-15/h4-6,9-10,14H,7-8,11-12H2,1-3H3,(H,20,24). The normalized spacial score (nSPS) is 17.7. The number of carbonyl (C=O) groups excluding carboxylic acids is 2. The lowest BCUT2D eigenvalue weighted by Gasteiger charge is -2.31. The number of hydrogen-bond donors (Lipinski definition) is 1. The molecule has 1 aliphatic rings. The Morgan fingerprint density at radius 3 is 2.59 bits per heavy atom. The number of hydrogen-bond acceptors (Lipinski definition) is 6. The summed E-state index contributed by atoms with van der Waals surface area (Å²) >= 11 is 0. The quantitative estimate of drug-likeness (QED) is 0.735. The van der Waals surface area contributed by atoms with Crippen LogP contribution in [0.4, 0.5) is 5.69 Å². The molecule has 0 saturated carbocycles. The van der Waals surface area contributed by atoms with Crippen molar-refractivity contribution in [3.05, 3.63) is 41.7 Å². The van der Waals surface area contributed by atoms with E-state index in [1.165, 1.54) is 16.1 Å². The number of nitrogens with zero attached hydrogens (tertiary/aromatic N) is 3. The lowest BCUT2D eigenvalue weighted by atomic mass is 9.98. The van der Waals surface area contributed by atoms with Gasteiger partial charge >= 0.3 is 5.97 Å². The fourth-order valence-corrected chi connectivity index (χ4v) is 5.03. The van der Waals surface area contributed by atoms with Gasteiger partial charge in [0.15, 0.2) is 5.69 Å². The number of nitrogens with one attached hydrogen (secondary N) is 1. The second-order valence-electron chi connectivity index (χ2n) is 6.93. The summed E-state index contributed by atoms with van der Waals surface area (Å²) in [6.07, 6.45) is 1.12. The Labute approximate surface area is 169 Å². The van der Waals surface area contributed by atoms with Crippen molar-refractivity contribution in [2.75, 3.05) is 25.5 Å². The van der Waals surface area contributed by atoms with Crippen LogP contribution in [0.15, 0.2) is 35.2 Å². The molecule has 1 amide bonds. The van der Waals surface area contributed by atoms with Gasteiger partial charge in [0.05, 0.1) is 29.3 Å². The highest BCUT2D eigenvalue weighted by atomic mass is 32.2. The van der Waals surface area contributed by atoms with Gasteiger partial charge in [0.2, 0.25) is 15.9 Å². The molecule has 10 heteroatoms. The van der Waals surface area contributed by atoms with Gasteiger partial charge in [-0.25, -0.2) is 13.2 Å². The summed E-state index contributed by atoms with van der Waals surface area (Å²) in [5.41, 5.74) is 0.904. The predicted molar refractivity (Wildman–Crippen MR) is 106 cm³/mol.